The summed E-state index contributed by atoms with van der Waals surface area (Å²) in [5.74, 6) is -0.361. The van der Waals surface area contributed by atoms with E-state index in [0.717, 1.165) is 32.6 Å². The van der Waals surface area contributed by atoms with Gasteiger partial charge in [-0.2, -0.15) is 0 Å². The Bertz CT molecular complexity index is 402. The first kappa shape index (κ1) is 14.4. The van der Waals surface area contributed by atoms with Gasteiger partial charge in [-0.05, 0) is 51.0 Å². The van der Waals surface area contributed by atoms with Crippen LogP contribution in [0.2, 0.25) is 0 Å². The van der Waals surface area contributed by atoms with Crippen molar-refractivity contribution in [3.63, 3.8) is 0 Å². The first-order valence-electron chi connectivity index (χ1n) is 7.01. The molecule has 1 saturated heterocycles. The molecule has 0 aromatic heterocycles. The monoisotopic (exact) mass is 268 g/mol. The largest absolute Gasteiger partial charge is 0.310 e. The molecule has 0 amide bonds. The standard InChI is InChI=1S/C15H22F2N2/c1-3-19-8-7-12(10-19)9-18-11(2)15-13(16)5-4-6-14(15)17/h4-6,11-12,18H,3,7-10H2,1-2H3. The molecule has 1 N–H and O–H groups in total. The second kappa shape index (κ2) is 6.44. The lowest BCUT2D eigenvalue weighted by molar-refractivity contribution is 0.335. The molecule has 1 aromatic carbocycles. The van der Waals surface area contributed by atoms with Gasteiger partial charge >= 0.3 is 0 Å². The van der Waals surface area contributed by atoms with Crippen molar-refractivity contribution < 1.29 is 8.78 Å². The Morgan fingerprint density at radius 3 is 2.63 bits per heavy atom. The van der Waals surface area contributed by atoms with Gasteiger partial charge in [0.1, 0.15) is 11.6 Å². The molecular weight excluding hydrogens is 246 g/mol. The van der Waals surface area contributed by atoms with Crippen LogP contribution in [0.4, 0.5) is 8.78 Å². The van der Waals surface area contributed by atoms with Crippen LogP contribution in [-0.4, -0.2) is 31.1 Å². The SMILES string of the molecule is CCN1CCC(CNC(C)c2c(F)cccc2F)C1. The number of nitrogens with one attached hydrogen (secondary N) is 1. The van der Waals surface area contributed by atoms with Crippen LogP contribution in [0.25, 0.3) is 0 Å². The molecule has 2 rings (SSSR count). The Morgan fingerprint density at radius 1 is 1.37 bits per heavy atom. The Kier molecular flexibility index (Phi) is 4.88. The van der Waals surface area contributed by atoms with Crippen molar-refractivity contribution >= 4 is 0 Å². The van der Waals surface area contributed by atoms with E-state index < -0.39 is 11.6 Å². The van der Waals surface area contributed by atoms with E-state index in [0.29, 0.717) is 5.92 Å². The summed E-state index contributed by atoms with van der Waals surface area (Å²) >= 11 is 0. The lowest BCUT2D eigenvalue weighted by atomic mass is 10.0. The first-order valence-corrected chi connectivity index (χ1v) is 7.01. The van der Waals surface area contributed by atoms with Gasteiger partial charge in [-0.25, -0.2) is 8.78 Å². The van der Waals surface area contributed by atoms with Crippen LogP contribution in [0.1, 0.15) is 31.9 Å². The molecule has 1 aliphatic heterocycles. The molecule has 0 spiro atoms. The van der Waals surface area contributed by atoms with Crippen molar-refractivity contribution in [1.82, 2.24) is 10.2 Å². The van der Waals surface area contributed by atoms with Crippen molar-refractivity contribution in [2.45, 2.75) is 26.3 Å². The normalized spacial score (nSPS) is 21.8. The number of rotatable bonds is 5. The molecule has 1 fully saturated rings. The van der Waals surface area contributed by atoms with E-state index in [1.807, 2.05) is 6.92 Å². The average Bonchev–Trinajstić information content (AvgIpc) is 2.84. The van der Waals surface area contributed by atoms with Crippen molar-refractivity contribution in [3.8, 4) is 0 Å². The molecule has 106 valence electrons. The van der Waals surface area contributed by atoms with Crippen LogP contribution >= 0.6 is 0 Å². The predicted octanol–water partition coefficient (Wildman–Crippen LogP) is 2.96. The molecule has 0 radical (unpaired) electrons. The molecule has 1 heterocycles. The zero-order chi connectivity index (χ0) is 13.8. The molecule has 0 saturated carbocycles. The maximum absolute atomic E-state index is 13.6. The highest BCUT2D eigenvalue weighted by Gasteiger charge is 2.22. The molecule has 2 nitrogen and oxygen atoms in total. The summed E-state index contributed by atoms with van der Waals surface area (Å²) in [7, 11) is 0. The van der Waals surface area contributed by atoms with E-state index in [1.54, 1.807) is 0 Å². The van der Waals surface area contributed by atoms with E-state index in [9.17, 15) is 8.78 Å². The van der Waals surface area contributed by atoms with Crippen LogP contribution in [0.15, 0.2) is 18.2 Å². The Balaban J connectivity index is 1.89. The second-order valence-corrected chi connectivity index (χ2v) is 5.31. The summed E-state index contributed by atoms with van der Waals surface area (Å²) in [5.41, 5.74) is 0.146. The number of likely N-dealkylation sites (tertiary alicyclic amines) is 1. The Hall–Kier alpha value is -1.00. The molecule has 19 heavy (non-hydrogen) atoms. The van der Waals surface area contributed by atoms with Crippen molar-refractivity contribution in [3.05, 3.63) is 35.4 Å². The predicted molar refractivity (Wildman–Crippen MR) is 73.0 cm³/mol. The van der Waals surface area contributed by atoms with Gasteiger partial charge in [0.05, 0.1) is 0 Å². The third-order valence-corrected chi connectivity index (χ3v) is 3.96. The van der Waals surface area contributed by atoms with Crippen LogP contribution in [0, 0.1) is 17.6 Å². The summed E-state index contributed by atoms with van der Waals surface area (Å²) in [5, 5.41) is 3.26. The van der Waals surface area contributed by atoms with Crippen LogP contribution in [0.3, 0.4) is 0 Å². The first-order chi connectivity index (χ1) is 9.11. The van der Waals surface area contributed by atoms with E-state index in [1.165, 1.54) is 18.2 Å². The van der Waals surface area contributed by atoms with Gasteiger partial charge in [-0.3, -0.25) is 0 Å². The van der Waals surface area contributed by atoms with Crippen LogP contribution in [0.5, 0.6) is 0 Å². The Morgan fingerprint density at radius 2 is 2.05 bits per heavy atom. The highest BCUT2D eigenvalue weighted by molar-refractivity contribution is 5.22. The smallest absolute Gasteiger partial charge is 0.130 e. The fourth-order valence-corrected chi connectivity index (χ4v) is 2.74. The third-order valence-electron chi connectivity index (χ3n) is 3.96. The minimum atomic E-state index is -0.471. The number of hydrogen-bond donors (Lipinski definition) is 1. The summed E-state index contributed by atoms with van der Waals surface area (Å²) in [6, 6.07) is 3.73. The molecule has 0 aliphatic carbocycles. The molecule has 1 aliphatic rings. The van der Waals surface area contributed by atoms with Crippen LogP contribution < -0.4 is 5.32 Å². The van der Waals surface area contributed by atoms with Crippen LogP contribution in [-0.2, 0) is 0 Å². The second-order valence-electron chi connectivity index (χ2n) is 5.31. The van der Waals surface area contributed by atoms with Crippen molar-refractivity contribution in [1.29, 1.82) is 0 Å². The van der Waals surface area contributed by atoms with Gasteiger partial charge < -0.3 is 10.2 Å². The molecule has 1 aromatic rings. The minimum absolute atomic E-state index is 0.146. The highest BCUT2D eigenvalue weighted by atomic mass is 19.1. The zero-order valence-electron chi connectivity index (χ0n) is 11.6. The van der Waals surface area contributed by atoms with Crippen molar-refractivity contribution in [2.75, 3.05) is 26.2 Å². The van der Waals surface area contributed by atoms with Gasteiger partial charge in [0.25, 0.3) is 0 Å². The number of halogens is 2. The van der Waals surface area contributed by atoms with Gasteiger partial charge in [0.2, 0.25) is 0 Å². The topological polar surface area (TPSA) is 15.3 Å². The lowest BCUT2D eigenvalue weighted by Gasteiger charge is -2.19. The van der Waals surface area contributed by atoms with E-state index in [4.69, 9.17) is 0 Å². The molecule has 2 unspecified atom stereocenters. The number of benzene rings is 1. The molecule has 4 heteroatoms. The molecular formula is C15H22F2N2. The maximum atomic E-state index is 13.6. The average molecular weight is 268 g/mol. The molecule has 2 atom stereocenters. The number of hydrogen-bond acceptors (Lipinski definition) is 2. The van der Waals surface area contributed by atoms with Gasteiger partial charge in [-0.15, -0.1) is 0 Å². The van der Waals surface area contributed by atoms with Gasteiger partial charge in [-0.1, -0.05) is 13.0 Å². The Labute approximate surface area is 113 Å². The third kappa shape index (κ3) is 3.51. The fourth-order valence-electron chi connectivity index (χ4n) is 2.74. The maximum Gasteiger partial charge on any atom is 0.130 e. The summed E-state index contributed by atoms with van der Waals surface area (Å²) in [6.45, 7) is 8.07. The lowest BCUT2D eigenvalue weighted by Crippen LogP contribution is -2.29. The van der Waals surface area contributed by atoms with E-state index >= 15 is 0 Å². The summed E-state index contributed by atoms with van der Waals surface area (Å²) in [6.07, 6.45) is 1.16. The van der Waals surface area contributed by atoms with Gasteiger partial charge in [0.15, 0.2) is 0 Å². The van der Waals surface area contributed by atoms with E-state index in [-0.39, 0.29) is 11.6 Å². The summed E-state index contributed by atoms with van der Waals surface area (Å²) < 4.78 is 27.3. The zero-order valence-corrected chi connectivity index (χ0v) is 11.6. The fraction of sp³-hybridized carbons (Fsp3) is 0.600. The van der Waals surface area contributed by atoms with Crippen molar-refractivity contribution in [2.24, 2.45) is 5.92 Å². The number of nitrogens with zero attached hydrogens (tertiary/aromatic N) is 1. The summed E-state index contributed by atoms with van der Waals surface area (Å²) in [4.78, 5) is 2.40. The molecule has 0 bridgehead atoms. The van der Waals surface area contributed by atoms with E-state index in [2.05, 4.69) is 17.1 Å². The minimum Gasteiger partial charge on any atom is -0.310 e. The quantitative estimate of drug-likeness (QED) is 0.883. The highest BCUT2D eigenvalue weighted by Crippen LogP contribution is 2.21. The van der Waals surface area contributed by atoms with Gasteiger partial charge in [0, 0.05) is 18.2 Å².